The van der Waals surface area contributed by atoms with E-state index in [1.54, 1.807) is 17.3 Å². The zero-order valence-electron chi connectivity index (χ0n) is 14.4. The molecule has 5 nitrogen and oxygen atoms in total. The highest BCUT2D eigenvalue weighted by Crippen LogP contribution is 2.09. The molecule has 0 aliphatic rings. The molecule has 2 amide bonds. The molecular formula is C19H23N3O2. The van der Waals surface area contributed by atoms with E-state index in [-0.39, 0.29) is 11.8 Å². The number of aromatic nitrogens is 1. The van der Waals surface area contributed by atoms with Gasteiger partial charge in [0.25, 0.3) is 5.91 Å². The van der Waals surface area contributed by atoms with Gasteiger partial charge in [-0.2, -0.15) is 0 Å². The summed E-state index contributed by atoms with van der Waals surface area (Å²) < 4.78 is 0. The molecule has 1 aromatic carbocycles. The second kappa shape index (κ2) is 8.24. The van der Waals surface area contributed by atoms with Crippen LogP contribution >= 0.6 is 0 Å². The van der Waals surface area contributed by atoms with Crippen molar-refractivity contribution >= 4 is 11.8 Å². The molecule has 0 fully saturated rings. The number of nitrogens with zero attached hydrogens (tertiary/aromatic N) is 2. The van der Waals surface area contributed by atoms with Gasteiger partial charge in [-0.1, -0.05) is 6.07 Å². The van der Waals surface area contributed by atoms with Crippen LogP contribution < -0.4 is 5.32 Å². The van der Waals surface area contributed by atoms with Crippen LogP contribution in [0.4, 0.5) is 0 Å². The van der Waals surface area contributed by atoms with Crippen molar-refractivity contribution in [3.63, 3.8) is 0 Å². The maximum Gasteiger partial charge on any atom is 0.251 e. The first-order chi connectivity index (χ1) is 11.5. The maximum absolute atomic E-state index is 12.2. The van der Waals surface area contributed by atoms with Gasteiger partial charge in [-0.3, -0.25) is 14.6 Å². The standard InChI is InChI=1S/C19H23N3O2/c1-14-4-5-18(12-15(14)2)19(24)21-10-11-22(16(3)23)13-17-6-8-20-9-7-17/h4-9,12H,10-11,13H2,1-3H3,(H,21,24). The first-order valence-corrected chi connectivity index (χ1v) is 7.97. The van der Waals surface area contributed by atoms with Gasteiger partial charge in [-0.25, -0.2) is 0 Å². The molecule has 0 atom stereocenters. The maximum atomic E-state index is 12.2. The molecule has 1 aromatic heterocycles. The molecule has 0 aliphatic carbocycles. The van der Waals surface area contributed by atoms with Crippen molar-refractivity contribution < 1.29 is 9.59 Å². The average molecular weight is 325 g/mol. The topological polar surface area (TPSA) is 62.3 Å². The molecule has 1 heterocycles. The van der Waals surface area contributed by atoms with E-state index < -0.39 is 0 Å². The van der Waals surface area contributed by atoms with E-state index in [1.807, 2.05) is 44.2 Å². The number of pyridine rings is 1. The molecular weight excluding hydrogens is 302 g/mol. The van der Waals surface area contributed by atoms with Crippen molar-refractivity contribution in [2.75, 3.05) is 13.1 Å². The summed E-state index contributed by atoms with van der Waals surface area (Å²) in [6.45, 7) is 6.92. The number of carbonyl (C=O) groups is 2. The Kier molecular flexibility index (Phi) is 6.07. The second-order valence-corrected chi connectivity index (χ2v) is 5.85. The Labute approximate surface area is 142 Å². The Hall–Kier alpha value is -2.69. The smallest absolute Gasteiger partial charge is 0.251 e. The zero-order valence-corrected chi connectivity index (χ0v) is 14.4. The Morgan fingerprint density at radius 1 is 1.08 bits per heavy atom. The lowest BCUT2D eigenvalue weighted by Crippen LogP contribution is -2.37. The number of carbonyl (C=O) groups excluding carboxylic acids is 2. The molecule has 0 spiro atoms. The van der Waals surface area contributed by atoms with Crippen LogP contribution in [0.5, 0.6) is 0 Å². The van der Waals surface area contributed by atoms with Crippen molar-refractivity contribution in [3.05, 3.63) is 65.0 Å². The Morgan fingerprint density at radius 3 is 2.42 bits per heavy atom. The van der Waals surface area contributed by atoms with Crippen LogP contribution in [-0.2, 0) is 11.3 Å². The zero-order chi connectivity index (χ0) is 17.5. The fraction of sp³-hybridized carbons (Fsp3) is 0.316. The number of nitrogens with one attached hydrogen (secondary N) is 1. The Balaban J connectivity index is 1.89. The van der Waals surface area contributed by atoms with Gasteiger partial charge in [0, 0.05) is 44.5 Å². The van der Waals surface area contributed by atoms with Gasteiger partial charge in [0.1, 0.15) is 0 Å². The van der Waals surface area contributed by atoms with Crippen LogP contribution in [0, 0.1) is 13.8 Å². The third-order valence-corrected chi connectivity index (χ3v) is 4.00. The molecule has 126 valence electrons. The minimum absolute atomic E-state index is 0.0211. The minimum atomic E-state index is -0.120. The number of rotatable bonds is 6. The predicted molar refractivity (Wildman–Crippen MR) is 93.6 cm³/mol. The predicted octanol–water partition coefficient (Wildman–Crippen LogP) is 2.48. The van der Waals surface area contributed by atoms with Gasteiger partial charge >= 0.3 is 0 Å². The van der Waals surface area contributed by atoms with Crippen molar-refractivity contribution in [2.45, 2.75) is 27.3 Å². The summed E-state index contributed by atoms with van der Waals surface area (Å²) in [5.41, 5.74) is 3.90. The van der Waals surface area contributed by atoms with E-state index in [1.165, 1.54) is 6.92 Å². The first-order valence-electron chi connectivity index (χ1n) is 7.97. The van der Waals surface area contributed by atoms with E-state index in [2.05, 4.69) is 10.3 Å². The van der Waals surface area contributed by atoms with Gasteiger partial charge in [0.05, 0.1) is 0 Å². The molecule has 0 radical (unpaired) electrons. The van der Waals surface area contributed by atoms with E-state index in [9.17, 15) is 9.59 Å². The Morgan fingerprint density at radius 2 is 1.79 bits per heavy atom. The van der Waals surface area contributed by atoms with Crippen LogP contribution in [-0.4, -0.2) is 34.8 Å². The number of amides is 2. The van der Waals surface area contributed by atoms with Gasteiger partial charge in [-0.05, 0) is 54.8 Å². The molecule has 24 heavy (non-hydrogen) atoms. The van der Waals surface area contributed by atoms with Gasteiger partial charge in [0.15, 0.2) is 0 Å². The summed E-state index contributed by atoms with van der Waals surface area (Å²) in [5, 5.41) is 2.87. The van der Waals surface area contributed by atoms with Gasteiger partial charge in [0.2, 0.25) is 5.91 Å². The van der Waals surface area contributed by atoms with Gasteiger partial charge in [-0.15, -0.1) is 0 Å². The fourth-order valence-corrected chi connectivity index (χ4v) is 2.35. The van der Waals surface area contributed by atoms with Crippen LogP contribution in [0.25, 0.3) is 0 Å². The highest BCUT2D eigenvalue weighted by Gasteiger charge is 2.11. The molecule has 0 unspecified atom stereocenters. The van der Waals surface area contributed by atoms with Crippen molar-refractivity contribution in [3.8, 4) is 0 Å². The van der Waals surface area contributed by atoms with Crippen LogP contribution in [0.15, 0.2) is 42.7 Å². The molecule has 0 bridgehead atoms. The Bertz CT molecular complexity index is 714. The molecule has 5 heteroatoms. The number of aryl methyl sites for hydroxylation is 2. The summed E-state index contributed by atoms with van der Waals surface area (Å²) in [7, 11) is 0. The third-order valence-electron chi connectivity index (χ3n) is 4.00. The van der Waals surface area contributed by atoms with E-state index >= 15 is 0 Å². The highest BCUT2D eigenvalue weighted by atomic mass is 16.2. The quantitative estimate of drug-likeness (QED) is 0.887. The second-order valence-electron chi connectivity index (χ2n) is 5.85. The molecule has 1 N–H and O–H groups in total. The SMILES string of the molecule is CC(=O)N(CCNC(=O)c1ccc(C)c(C)c1)Cc1ccncc1. The van der Waals surface area contributed by atoms with E-state index in [0.29, 0.717) is 25.2 Å². The summed E-state index contributed by atoms with van der Waals surface area (Å²) in [6.07, 6.45) is 3.41. The van der Waals surface area contributed by atoms with Crippen LogP contribution in [0.2, 0.25) is 0 Å². The normalized spacial score (nSPS) is 10.3. The van der Waals surface area contributed by atoms with Gasteiger partial charge < -0.3 is 10.2 Å². The lowest BCUT2D eigenvalue weighted by molar-refractivity contribution is -0.129. The van der Waals surface area contributed by atoms with Crippen molar-refractivity contribution in [1.29, 1.82) is 0 Å². The summed E-state index contributed by atoms with van der Waals surface area (Å²) >= 11 is 0. The minimum Gasteiger partial charge on any atom is -0.350 e. The molecule has 2 rings (SSSR count). The third kappa shape index (κ3) is 4.91. The monoisotopic (exact) mass is 325 g/mol. The summed E-state index contributed by atoms with van der Waals surface area (Å²) in [4.78, 5) is 29.6. The summed E-state index contributed by atoms with van der Waals surface area (Å²) in [5.74, 6) is -0.141. The van der Waals surface area contributed by atoms with Crippen molar-refractivity contribution in [2.24, 2.45) is 0 Å². The number of benzene rings is 1. The van der Waals surface area contributed by atoms with E-state index in [0.717, 1.165) is 16.7 Å². The molecule has 2 aromatic rings. The summed E-state index contributed by atoms with van der Waals surface area (Å²) in [6, 6.07) is 9.39. The van der Waals surface area contributed by atoms with Crippen LogP contribution in [0.3, 0.4) is 0 Å². The average Bonchev–Trinajstić information content (AvgIpc) is 2.57. The first kappa shape index (κ1) is 17.7. The fourth-order valence-electron chi connectivity index (χ4n) is 2.35. The highest BCUT2D eigenvalue weighted by molar-refractivity contribution is 5.94. The lowest BCUT2D eigenvalue weighted by atomic mass is 10.1. The number of hydrogen-bond acceptors (Lipinski definition) is 3. The van der Waals surface area contributed by atoms with E-state index in [4.69, 9.17) is 0 Å². The lowest BCUT2D eigenvalue weighted by Gasteiger charge is -2.21. The molecule has 0 saturated heterocycles. The largest absolute Gasteiger partial charge is 0.350 e. The molecule has 0 saturated carbocycles. The van der Waals surface area contributed by atoms with Crippen molar-refractivity contribution in [1.82, 2.24) is 15.2 Å². The van der Waals surface area contributed by atoms with Crippen LogP contribution in [0.1, 0.15) is 34.0 Å². The number of hydrogen-bond donors (Lipinski definition) is 1. The molecule has 0 aliphatic heterocycles.